The van der Waals surface area contributed by atoms with E-state index < -0.39 is 0 Å². The van der Waals surface area contributed by atoms with Crippen LogP contribution >= 0.6 is 31.9 Å². The molecule has 2 aliphatic rings. The average Bonchev–Trinajstić information content (AvgIpc) is 3.10. The van der Waals surface area contributed by atoms with E-state index in [1.54, 1.807) is 0 Å². The summed E-state index contributed by atoms with van der Waals surface area (Å²) in [7, 11) is 0. The smallest absolute Gasteiger partial charge is 0.0404 e. The summed E-state index contributed by atoms with van der Waals surface area (Å²) in [6, 6.07) is 13.2. The maximum absolute atomic E-state index is 4.00. The van der Waals surface area contributed by atoms with Gasteiger partial charge in [-0.1, -0.05) is 68.6 Å². The second-order valence-electron chi connectivity index (χ2n) is 6.82. The lowest BCUT2D eigenvalue weighted by atomic mass is 9.84. The second-order valence-corrected chi connectivity index (χ2v) is 8.78. The summed E-state index contributed by atoms with van der Waals surface area (Å²) in [5.74, 6) is 2.99. The molecule has 2 aromatic rings. The van der Waals surface area contributed by atoms with Gasteiger partial charge in [0.05, 0.1) is 0 Å². The Bertz CT molecular complexity index is 664. The van der Waals surface area contributed by atoms with Crippen molar-refractivity contribution in [1.29, 1.82) is 0 Å². The highest BCUT2D eigenvalue weighted by Gasteiger charge is 2.40. The molecule has 4 rings (SSSR count). The van der Waals surface area contributed by atoms with E-state index in [1.165, 1.54) is 52.9 Å². The SMILES string of the molecule is Brc1ccc(C(Br)CC2CC3CCC2C3)c2ccccc12. The van der Waals surface area contributed by atoms with Crippen LogP contribution in [0.3, 0.4) is 0 Å². The van der Waals surface area contributed by atoms with Gasteiger partial charge >= 0.3 is 0 Å². The van der Waals surface area contributed by atoms with Crippen molar-refractivity contribution in [3.8, 4) is 0 Å². The molecule has 21 heavy (non-hydrogen) atoms. The molecule has 0 heterocycles. The molecule has 2 aliphatic carbocycles. The molecule has 4 atom stereocenters. The van der Waals surface area contributed by atoms with E-state index >= 15 is 0 Å². The summed E-state index contributed by atoms with van der Waals surface area (Å²) in [4.78, 5) is 0.486. The van der Waals surface area contributed by atoms with Gasteiger partial charge in [0.2, 0.25) is 0 Å². The molecule has 0 nitrogen and oxygen atoms in total. The van der Waals surface area contributed by atoms with Gasteiger partial charge < -0.3 is 0 Å². The van der Waals surface area contributed by atoms with Crippen molar-refractivity contribution in [3.63, 3.8) is 0 Å². The fourth-order valence-corrected chi connectivity index (χ4v) is 5.97. The Hall–Kier alpha value is -0.340. The third kappa shape index (κ3) is 2.59. The number of rotatable bonds is 3. The number of alkyl halides is 1. The molecular formula is C19H20Br2. The maximum Gasteiger partial charge on any atom is 0.0404 e. The first kappa shape index (κ1) is 14.3. The molecule has 2 saturated carbocycles. The third-order valence-electron chi connectivity index (χ3n) is 5.64. The standard InChI is InChI=1S/C19H20Br2/c20-18-8-7-17(15-3-1-2-4-16(15)18)19(21)11-14-10-12-5-6-13(14)9-12/h1-4,7-8,12-14,19H,5-6,9-11H2. The van der Waals surface area contributed by atoms with E-state index in [2.05, 4.69) is 68.3 Å². The van der Waals surface area contributed by atoms with E-state index in [0.29, 0.717) is 4.83 Å². The van der Waals surface area contributed by atoms with Crippen LogP contribution in [-0.4, -0.2) is 0 Å². The van der Waals surface area contributed by atoms with Crippen LogP contribution in [0.1, 0.15) is 42.5 Å². The largest absolute Gasteiger partial charge is 0.0838 e. The van der Waals surface area contributed by atoms with Crippen LogP contribution in [0.5, 0.6) is 0 Å². The Morgan fingerprint density at radius 2 is 1.81 bits per heavy atom. The van der Waals surface area contributed by atoms with Gasteiger partial charge in [0.15, 0.2) is 0 Å². The first-order chi connectivity index (χ1) is 10.2. The fraction of sp³-hybridized carbons (Fsp3) is 0.474. The van der Waals surface area contributed by atoms with Crippen LogP contribution in [0.2, 0.25) is 0 Å². The van der Waals surface area contributed by atoms with Crippen LogP contribution in [-0.2, 0) is 0 Å². The number of benzene rings is 2. The molecule has 2 aromatic carbocycles. The molecule has 0 radical (unpaired) electrons. The van der Waals surface area contributed by atoms with Gasteiger partial charge in [0.1, 0.15) is 0 Å². The molecule has 0 aliphatic heterocycles. The lowest BCUT2D eigenvalue weighted by Crippen LogP contribution is -2.12. The van der Waals surface area contributed by atoms with Crippen LogP contribution in [0.25, 0.3) is 10.8 Å². The molecule has 2 heteroatoms. The minimum absolute atomic E-state index is 0.486. The van der Waals surface area contributed by atoms with Gasteiger partial charge in [-0.3, -0.25) is 0 Å². The van der Waals surface area contributed by atoms with Crippen LogP contribution in [0.15, 0.2) is 40.9 Å². The van der Waals surface area contributed by atoms with E-state index in [1.807, 2.05) is 0 Å². The summed E-state index contributed by atoms with van der Waals surface area (Å²) < 4.78 is 1.20. The van der Waals surface area contributed by atoms with Gasteiger partial charge in [-0.25, -0.2) is 0 Å². The zero-order chi connectivity index (χ0) is 14.4. The van der Waals surface area contributed by atoms with Crippen molar-refractivity contribution in [2.75, 3.05) is 0 Å². The molecule has 110 valence electrons. The first-order valence-electron chi connectivity index (χ1n) is 8.03. The predicted octanol–water partition coefficient (Wildman–Crippen LogP) is 6.86. The minimum atomic E-state index is 0.486. The summed E-state index contributed by atoms with van der Waals surface area (Å²) in [6.07, 6.45) is 7.25. The molecule has 0 amide bonds. The molecule has 0 aromatic heterocycles. The molecular weight excluding hydrogens is 388 g/mol. The van der Waals surface area contributed by atoms with Crippen molar-refractivity contribution in [1.82, 2.24) is 0 Å². The number of halogens is 2. The van der Waals surface area contributed by atoms with Crippen molar-refractivity contribution in [2.24, 2.45) is 17.8 Å². The van der Waals surface area contributed by atoms with Crippen molar-refractivity contribution < 1.29 is 0 Å². The molecule has 0 saturated heterocycles. The lowest BCUT2D eigenvalue weighted by molar-refractivity contribution is 0.314. The Balaban J connectivity index is 1.62. The topological polar surface area (TPSA) is 0 Å². The van der Waals surface area contributed by atoms with Gasteiger partial charge in [-0.2, -0.15) is 0 Å². The first-order valence-corrected chi connectivity index (χ1v) is 9.74. The third-order valence-corrected chi connectivity index (χ3v) is 7.19. The average molecular weight is 408 g/mol. The summed E-state index contributed by atoms with van der Waals surface area (Å²) in [5.41, 5.74) is 1.46. The molecule has 4 unspecified atom stereocenters. The predicted molar refractivity (Wildman–Crippen MR) is 96.9 cm³/mol. The summed E-state index contributed by atoms with van der Waals surface area (Å²) in [6.45, 7) is 0. The van der Waals surface area contributed by atoms with Crippen LogP contribution in [0, 0.1) is 17.8 Å². The van der Waals surface area contributed by atoms with E-state index in [0.717, 1.165) is 17.8 Å². The molecule has 2 bridgehead atoms. The zero-order valence-electron chi connectivity index (χ0n) is 12.1. The van der Waals surface area contributed by atoms with E-state index in [-0.39, 0.29) is 0 Å². The van der Waals surface area contributed by atoms with Crippen molar-refractivity contribution in [3.05, 3.63) is 46.4 Å². The quantitative estimate of drug-likeness (QED) is 0.487. The highest BCUT2D eigenvalue weighted by Crippen LogP contribution is 2.52. The Kier molecular flexibility index (Phi) is 3.87. The minimum Gasteiger partial charge on any atom is -0.0838 e. The van der Waals surface area contributed by atoms with Gasteiger partial charge in [-0.15, -0.1) is 0 Å². The van der Waals surface area contributed by atoms with E-state index in [4.69, 9.17) is 0 Å². The summed E-state index contributed by atoms with van der Waals surface area (Å²) in [5, 5.41) is 2.71. The number of hydrogen-bond acceptors (Lipinski definition) is 0. The monoisotopic (exact) mass is 406 g/mol. The molecule has 0 spiro atoms. The Morgan fingerprint density at radius 1 is 1.00 bits per heavy atom. The fourth-order valence-electron chi connectivity index (χ4n) is 4.62. The van der Waals surface area contributed by atoms with Gasteiger partial charge in [0, 0.05) is 9.30 Å². The Morgan fingerprint density at radius 3 is 2.52 bits per heavy atom. The highest BCUT2D eigenvalue weighted by atomic mass is 79.9. The number of hydrogen-bond donors (Lipinski definition) is 0. The molecule has 2 fully saturated rings. The zero-order valence-corrected chi connectivity index (χ0v) is 15.2. The number of fused-ring (bicyclic) bond motifs is 3. The van der Waals surface area contributed by atoms with Crippen molar-refractivity contribution in [2.45, 2.75) is 36.9 Å². The van der Waals surface area contributed by atoms with Crippen molar-refractivity contribution >= 4 is 42.6 Å². The van der Waals surface area contributed by atoms with E-state index in [9.17, 15) is 0 Å². The normalized spacial score (nSPS) is 29.1. The lowest BCUT2D eigenvalue weighted by Gasteiger charge is -2.25. The summed E-state index contributed by atoms with van der Waals surface area (Å²) >= 11 is 7.68. The maximum atomic E-state index is 4.00. The van der Waals surface area contributed by atoms with Gasteiger partial charge in [-0.05, 0) is 65.8 Å². The van der Waals surface area contributed by atoms with Crippen LogP contribution < -0.4 is 0 Å². The van der Waals surface area contributed by atoms with Crippen LogP contribution in [0.4, 0.5) is 0 Å². The Labute approximate surface area is 143 Å². The van der Waals surface area contributed by atoms with Gasteiger partial charge in [0.25, 0.3) is 0 Å². The second kappa shape index (κ2) is 5.70. The highest BCUT2D eigenvalue weighted by molar-refractivity contribution is 9.10. The molecule has 0 N–H and O–H groups in total.